The number of rotatable bonds is 7. The van der Waals surface area contributed by atoms with Crippen LogP contribution in [-0.2, 0) is 11.2 Å². The van der Waals surface area contributed by atoms with E-state index in [1.807, 2.05) is 17.9 Å². The highest BCUT2D eigenvalue weighted by atomic mass is 16.6. The number of aliphatic hydroxyl groups excluding tert-OH is 1. The molecule has 0 bridgehead atoms. The largest absolute Gasteiger partial charge is 0.450 e. The summed E-state index contributed by atoms with van der Waals surface area (Å²) >= 11 is 0. The normalized spacial score (nSPS) is 14.1. The number of aryl methyl sites for hydroxylation is 1. The molecule has 158 valence electrons. The van der Waals surface area contributed by atoms with Gasteiger partial charge in [-0.05, 0) is 18.6 Å². The fourth-order valence-electron chi connectivity index (χ4n) is 3.45. The molecule has 1 fully saturated rings. The van der Waals surface area contributed by atoms with Crippen molar-refractivity contribution in [2.75, 3.05) is 43.3 Å². The first-order valence-electron chi connectivity index (χ1n) is 9.91. The first kappa shape index (κ1) is 20.0. The van der Waals surface area contributed by atoms with Crippen LogP contribution < -0.4 is 15.0 Å². The monoisotopic (exact) mass is 412 g/mol. The molecule has 4 heterocycles. The highest BCUT2D eigenvalue weighted by Crippen LogP contribution is 2.32. The fraction of sp³-hybridized carbons (Fsp3) is 0.400. The van der Waals surface area contributed by atoms with E-state index >= 15 is 0 Å². The molecule has 0 radical (unpaired) electrons. The van der Waals surface area contributed by atoms with Crippen LogP contribution in [0.15, 0.2) is 30.7 Å². The molecule has 30 heavy (non-hydrogen) atoms. The number of morpholine rings is 1. The molecule has 0 spiro atoms. The van der Waals surface area contributed by atoms with Crippen LogP contribution in [0.3, 0.4) is 0 Å². The van der Waals surface area contributed by atoms with Gasteiger partial charge in [0.05, 0.1) is 25.1 Å². The Morgan fingerprint density at radius 3 is 2.97 bits per heavy atom. The van der Waals surface area contributed by atoms with Crippen molar-refractivity contribution in [1.29, 1.82) is 0 Å². The maximum Gasteiger partial charge on any atom is 0.261 e. The van der Waals surface area contributed by atoms with E-state index in [0.717, 1.165) is 12.0 Å². The third kappa shape index (κ3) is 4.05. The average molecular weight is 412 g/mol. The number of aromatic nitrogens is 4. The fourth-order valence-corrected chi connectivity index (χ4v) is 3.45. The third-order valence-corrected chi connectivity index (χ3v) is 4.84. The Balaban J connectivity index is 1.72. The Bertz CT molecular complexity index is 1030. The minimum Gasteiger partial charge on any atom is -0.450 e. The van der Waals surface area contributed by atoms with Crippen LogP contribution in [0.2, 0.25) is 0 Å². The van der Waals surface area contributed by atoms with Crippen LogP contribution >= 0.6 is 0 Å². The van der Waals surface area contributed by atoms with Crippen molar-refractivity contribution < 1.29 is 19.4 Å². The number of nitrogens with one attached hydrogen (secondary N) is 1. The van der Waals surface area contributed by atoms with E-state index in [9.17, 15) is 9.90 Å². The maximum atomic E-state index is 13.1. The predicted octanol–water partition coefficient (Wildman–Crippen LogP) is 1.49. The number of pyridine rings is 1. The molecule has 0 unspecified atom stereocenters. The SMILES string of the molecule is CCCc1cc(NC(=O)c2cnn3cccnc23)c(N2CCOCC2)nc1OCO. The molecule has 0 atom stereocenters. The van der Waals surface area contributed by atoms with Crippen LogP contribution in [0.4, 0.5) is 11.5 Å². The molecule has 3 aromatic rings. The van der Waals surface area contributed by atoms with E-state index in [0.29, 0.717) is 61.3 Å². The van der Waals surface area contributed by atoms with Crippen molar-refractivity contribution in [3.8, 4) is 5.88 Å². The Morgan fingerprint density at radius 2 is 2.20 bits per heavy atom. The zero-order valence-corrected chi connectivity index (χ0v) is 16.7. The summed E-state index contributed by atoms with van der Waals surface area (Å²) in [6, 6.07) is 3.61. The standard InChI is InChI=1S/C20H24N6O4/c1-2-4-14-11-16(18(24-20(14)30-13-27)25-7-9-29-10-8-25)23-19(28)15-12-22-26-6-3-5-21-17(15)26/h3,5-6,11-12,27H,2,4,7-10,13H2,1H3,(H,23,28). The number of carbonyl (C=O) groups excluding carboxylic acids is 1. The number of fused-ring (bicyclic) bond motifs is 1. The molecule has 2 N–H and O–H groups in total. The van der Waals surface area contributed by atoms with Gasteiger partial charge in [0.25, 0.3) is 5.91 Å². The third-order valence-electron chi connectivity index (χ3n) is 4.84. The van der Waals surface area contributed by atoms with Crippen LogP contribution in [-0.4, -0.2) is 63.7 Å². The minimum absolute atomic E-state index is 0.321. The summed E-state index contributed by atoms with van der Waals surface area (Å²) < 4.78 is 12.4. The zero-order valence-electron chi connectivity index (χ0n) is 16.7. The van der Waals surface area contributed by atoms with Crippen molar-refractivity contribution >= 4 is 23.1 Å². The molecule has 1 aliphatic rings. The van der Waals surface area contributed by atoms with Crippen LogP contribution in [0.5, 0.6) is 5.88 Å². The molecule has 0 aliphatic carbocycles. The molecule has 1 amide bonds. The van der Waals surface area contributed by atoms with E-state index in [4.69, 9.17) is 9.47 Å². The molecule has 0 aromatic carbocycles. The lowest BCUT2D eigenvalue weighted by molar-refractivity contribution is 0.0927. The van der Waals surface area contributed by atoms with Gasteiger partial charge in [0.15, 0.2) is 18.3 Å². The van der Waals surface area contributed by atoms with Gasteiger partial charge in [-0.1, -0.05) is 13.3 Å². The van der Waals surface area contributed by atoms with Crippen LogP contribution in [0.25, 0.3) is 5.65 Å². The number of hydrogen-bond acceptors (Lipinski definition) is 8. The van der Waals surface area contributed by atoms with Gasteiger partial charge in [0, 0.05) is 31.0 Å². The highest BCUT2D eigenvalue weighted by molar-refractivity contribution is 6.09. The first-order chi connectivity index (χ1) is 14.7. The topological polar surface area (TPSA) is 114 Å². The van der Waals surface area contributed by atoms with E-state index in [2.05, 4.69) is 20.4 Å². The quantitative estimate of drug-likeness (QED) is 0.561. The van der Waals surface area contributed by atoms with Crippen molar-refractivity contribution in [2.24, 2.45) is 0 Å². The summed E-state index contributed by atoms with van der Waals surface area (Å²) in [4.78, 5) is 24.0. The van der Waals surface area contributed by atoms with Crippen molar-refractivity contribution in [2.45, 2.75) is 19.8 Å². The minimum atomic E-state index is -0.466. The lowest BCUT2D eigenvalue weighted by Gasteiger charge is -2.30. The molecule has 0 saturated carbocycles. The van der Waals surface area contributed by atoms with Crippen molar-refractivity contribution in [3.05, 3.63) is 41.9 Å². The lowest BCUT2D eigenvalue weighted by atomic mass is 10.1. The Kier molecular flexibility index (Phi) is 6.05. The summed E-state index contributed by atoms with van der Waals surface area (Å²) in [5.74, 6) is 0.633. The Labute approximate surface area is 173 Å². The van der Waals surface area contributed by atoms with Gasteiger partial charge in [-0.3, -0.25) is 4.79 Å². The molecule has 4 rings (SSSR count). The average Bonchev–Trinajstić information content (AvgIpc) is 3.21. The summed E-state index contributed by atoms with van der Waals surface area (Å²) in [6.45, 7) is 3.99. The second kappa shape index (κ2) is 9.06. The first-order valence-corrected chi connectivity index (χ1v) is 9.91. The molecular formula is C20H24N6O4. The molecular weight excluding hydrogens is 388 g/mol. The number of aliphatic hydroxyl groups is 1. The second-order valence-corrected chi connectivity index (χ2v) is 6.85. The lowest BCUT2D eigenvalue weighted by Crippen LogP contribution is -2.37. The van der Waals surface area contributed by atoms with Crippen molar-refractivity contribution in [3.63, 3.8) is 0 Å². The van der Waals surface area contributed by atoms with Gasteiger partial charge in [-0.2, -0.15) is 10.1 Å². The van der Waals surface area contributed by atoms with Crippen LogP contribution in [0.1, 0.15) is 29.3 Å². The molecule has 10 nitrogen and oxygen atoms in total. The van der Waals surface area contributed by atoms with E-state index < -0.39 is 6.79 Å². The van der Waals surface area contributed by atoms with Gasteiger partial charge in [-0.25, -0.2) is 9.50 Å². The smallest absolute Gasteiger partial charge is 0.261 e. The Hall–Kier alpha value is -3.24. The van der Waals surface area contributed by atoms with E-state index in [1.165, 1.54) is 6.20 Å². The highest BCUT2D eigenvalue weighted by Gasteiger charge is 2.23. The van der Waals surface area contributed by atoms with Crippen molar-refractivity contribution in [1.82, 2.24) is 19.6 Å². The summed E-state index contributed by atoms with van der Waals surface area (Å²) in [5.41, 5.74) is 2.24. The number of ether oxygens (including phenoxy) is 2. The van der Waals surface area contributed by atoms with Gasteiger partial charge >= 0.3 is 0 Å². The number of anilines is 2. The van der Waals surface area contributed by atoms with E-state index in [1.54, 1.807) is 23.0 Å². The van der Waals surface area contributed by atoms with Gasteiger partial charge in [0.1, 0.15) is 5.56 Å². The molecule has 1 saturated heterocycles. The number of amides is 1. The van der Waals surface area contributed by atoms with Gasteiger partial charge in [-0.15, -0.1) is 0 Å². The number of nitrogens with zero attached hydrogens (tertiary/aromatic N) is 5. The number of carbonyl (C=O) groups is 1. The van der Waals surface area contributed by atoms with Gasteiger partial charge < -0.3 is 24.8 Å². The summed E-state index contributed by atoms with van der Waals surface area (Å²) in [6.07, 6.45) is 6.42. The molecule has 10 heteroatoms. The summed E-state index contributed by atoms with van der Waals surface area (Å²) in [7, 11) is 0. The predicted molar refractivity (Wildman–Crippen MR) is 110 cm³/mol. The molecule has 1 aliphatic heterocycles. The zero-order chi connectivity index (χ0) is 20.9. The molecule has 3 aromatic heterocycles. The Morgan fingerprint density at radius 1 is 1.37 bits per heavy atom. The second-order valence-electron chi connectivity index (χ2n) is 6.85. The maximum absolute atomic E-state index is 13.1. The number of hydrogen-bond donors (Lipinski definition) is 2. The van der Waals surface area contributed by atoms with Gasteiger partial charge in [0.2, 0.25) is 5.88 Å². The summed E-state index contributed by atoms with van der Waals surface area (Å²) in [5, 5.41) is 16.4. The van der Waals surface area contributed by atoms with Crippen LogP contribution in [0, 0.1) is 0 Å². The van der Waals surface area contributed by atoms with E-state index in [-0.39, 0.29) is 5.91 Å².